The molecule has 18 heavy (non-hydrogen) atoms. The van der Waals surface area contributed by atoms with Crippen LogP contribution in [0.15, 0.2) is 24.3 Å². The second-order valence-electron chi connectivity index (χ2n) is 5.95. The molecule has 102 valence electrons. The minimum Gasteiger partial charge on any atom is -0.374 e. The number of benzene rings is 1. The molecule has 0 aliphatic rings. The van der Waals surface area contributed by atoms with E-state index in [1.54, 1.807) is 0 Å². The largest absolute Gasteiger partial charge is 0.374 e. The Hall–Kier alpha value is -0.860. The van der Waals surface area contributed by atoms with Crippen LogP contribution in [0.2, 0.25) is 0 Å². The number of rotatable bonds is 6. The van der Waals surface area contributed by atoms with Crippen molar-refractivity contribution in [2.45, 2.75) is 65.8 Å². The smallest absolute Gasteiger partial charge is 0.0720 e. The molecule has 2 heteroatoms. The van der Waals surface area contributed by atoms with Crippen molar-refractivity contribution < 1.29 is 4.74 Å². The van der Waals surface area contributed by atoms with Crippen molar-refractivity contribution in [2.24, 2.45) is 0 Å². The van der Waals surface area contributed by atoms with Crippen LogP contribution >= 0.6 is 0 Å². The van der Waals surface area contributed by atoms with Crippen LogP contribution in [-0.2, 0) is 17.9 Å². The summed E-state index contributed by atoms with van der Waals surface area (Å²) in [6.07, 6.45) is 1.40. The van der Waals surface area contributed by atoms with Gasteiger partial charge in [-0.25, -0.2) is 0 Å². The quantitative estimate of drug-likeness (QED) is 0.826. The minimum atomic E-state index is 0.165. The van der Waals surface area contributed by atoms with E-state index in [4.69, 9.17) is 4.74 Å². The lowest BCUT2D eigenvalue weighted by Gasteiger charge is -2.20. The molecule has 0 radical (unpaired) electrons. The summed E-state index contributed by atoms with van der Waals surface area (Å²) in [5, 5.41) is 3.49. The van der Waals surface area contributed by atoms with Crippen molar-refractivity contribution in [1.29, 1.82) is 0 Å². The third kappa shape index (κ3) is 6.18. The van der Waals surface area contributed by atoms with Gasteiger partial charge in [-0.3, -0.25) is 0 Å². The van der Waals surface area contributed by atoms with Crippen molar-refractivity contribution in [3.8, 4) is 0 Å². The van der Waals surface area contributed by atoms with E-state index in [-0.39, 0.29) is 5.54 Å². The lowest BCUT2D eigenvalue weighted by molar-refractivity contribution is 0.0508. The fourth-order valence-electron chi connectivity index (χ4n) is 1.48. The fraction of sp³-hybridized carbons (Fsp3) is 0.625. The molecular weight excluding hydrogens is 222 g/mol. The molecule has 2 nitrogen and oxygen atoms in total. The Morgan fingerprint density at radius 1 is 1.11 bits per heavy atom. The van der Waals surface area contributed by atoms with E-state index in [0.29, 0.717) is 12.7 Å². The van der Waals surface area contributed by atoms with E-state index >= 15 is 0 Å². The first-order chi connectivity index (χ1) is 8.40. The average molecular weight is 249 g/mol. The van der Waals surface area contributed by atoms with Crippen LogP contribution in [0.3, 0.4) is 0 Å². The number of ether oxygens (including phenoxy) is 1. The molecule has 0 saturated heterocycles. The van der Waals surface area contributed by atoms with E-state index in [1.807, 2.05) is 0 Å². The van der Waals surface area contributed by atoms with E-state index in [1.165, 1.54) is 11.1 Å². The van der Waals surface area contributed by atoms with Gasteiger partial charge in [0.05, 0.1) is 12.7 Å². The summed E-state index contributed by atoms with van der Waals surface area (Å²) in [5.74, 6) is 0. The van der Waals surface area contributed by atoms with Crippen molar-refractivity contribution >= 4 is 0 Å². The predicted molar refractivity (Wildman–Crippen MR) is 77.6 cm³/mol. The predicted octanol–water partition coefficient (Wildman–Crippen LogP) is 3.89. The molecular formula is C16H27NO. The first-order valence-electron chi connectivity index (χ1n) is 6.85. The van der Waals surface area contributed by atoms with E-state index < -0.39 is 0 Å². The molecule has 1 rings (SSSR count). The lowest BCUT2D eigenvalue weighted by atomic mass is 10.1. The van der Waals surface area contributed by atoms with Crippen LogP contribution in [0.25, 0.3) is 0 Å². The third-order valence-corrected chi connectivity index (χ3v) is 2.96. The molecule has 1 aromatic rings. The Morgan fingerprint density at radius 2 is 1.67 bits per heavy atom. The van der Waals surface area contributed by atoms with Crippen molar-refractivity contribution in [2.75, 3.05) is 0 Å². The zero-order chi connectivity index (χ0) is 13.6. The summed E-state index contributed by atoms with van der Waals surface area (Å²) in [4.78, 5) is 0. The maximum absolute atomic E-state index is 5.72. The van der Waals surface area contributed by atoms with Crippen LogP contribution < -0.4 is 5.32 Å². The third-order valence-electron chi connectivity index (χ3n) is 2.96. The molecule has 0 heterocycles. The van der Waals surface area contributed by atoms with Gasteiger partial charge in [-0.1, -0.05) is 31.2 Å². The summed E-state index contributed by atoms with van der Waals surface area (Å²) in [7, 11) is 0. The van der Waals surface area contributed by atoms with Crippen LogP contribution in [0.4, 0.5) is 0 Å². The van der Waals surface area contributed by atoms with Gasteiger partial charge in [0.15, 0.2) is 0 Å². The van der Waals surface area contributed by atoms with Crippen LogP contribution in [0.5, 0.6) is 0 Å². The Bertz CT molecular complexity index is 337. The highest BCUT2D eigenvalue weighted by Crippen LogP contribution is 2.09. The van der Waals surface area contributed by atoms with Gasteiger partial charge >= 0.3 is 0 Å². The molecule has 0 fully saturated rings. The molecule has 1 N–H and O–H groups in total. The first kappa shape index (κ1) is 15.2. The second kappa shape index (κ2) is 6.91. The van der Waals surface area contributed by atoms with Gasteiger partial charge in [-0.05, 0) is 45.2 Å². The molecule has 0 amide bonds. The highest BCUT2D eigenvalue weighted by Gasteiger charge is 2.08. The van der Waals surface area contributed by atoms with Crippen molar-refractivity contribution in [3.05, 3.63) is 35.4 Å². The molecule has 0 spiro atoms. The minimum absolute atomic E-state index is 0.165. The highest BCUT2D eigenvalue weighted by molar-refractivity contribution is 5.22. The van der Waals surface area contributed by atoms with Gasteiger partial charge in [0.2, 0.25) is 0 Å². The molecule has 0 aromatic heterocycles. The highest BCUT2D eigenvalue weighted by atomic mass is 16.5. The number of nitrogens with one attached hydrogen (secondary N) is 1. The van der Waals surface area contributed by atoms with Crippen molar-refractivity contribution in [3.63, 3.8) is 0 Å². The van der Waals surface area contributed by atoms with Gasteiger partial charge in [-0.15, -0.1) is 0 Å². The molecule has 0 bridgehead atoms. The van der Waals surface area contributed by atoms with E-state index in [0.717, 1.165) is 13.0 Å². The van der Waals surface area contributed by atoms with Crippen LogP contribution in [0.1, 0.15) is 52.2 Å². The number of hydrogen-bond acceptors (Lipinski definition) is 2. The van der Waals surface area contributed by atoms with E-state index in [2.05, 4.69) is 64.2 Å². The first-order valence-corrected chi connectivity index (χ1v) is 6.85. The topological polar surface area (TPSA) is 21.3 Å². The molecule has 1 aromatic carbocycles. The normalized spacial score (nSPS) is 13.6. The molecule has 0 saturated carbocycles. The van der Waals surface area contributed by atoms with Crippen LogP contribution in [0, 0.1) is 0 Å². The average Bonchev–Trinajstić information content (AvgIpc) is 2.33. The molecule has 0 aliphatic carbocycles. The van der Waals surface area contributed by atoms with Gasteiger partial charge < -0.3 is 10.1 Å². The van der Waals surface area contributed by atoms with Gasteiger partial charge in [0.1, 0.15) is 0 Å². The maximum atomic E-state index is 5.72. The zero-order valence-corrected chi connectivity index (χ0v) is 12.4. The van der Waals surface area contributed by atoms with Crippen molar-refractivity contribution in [1.82, 2.24) is 5.32 Å². The molecule has 1 atom stereocenters. The second-order valence-corrected chi connectivity index (χ2v) is 5.95. The Balaban J connectivity index is 2.42. The summed E-state index contributed by atoms with van der Waals surface area (Å²) in [6.45, 7) is 12.4. The zero-order valence-electron chi connectivity index (χ0n) is 12.4. The summed E-state index contributed by atoms with van der Waals surface area (Å²) >= 11 is 0. The molecule has 0 aliphatic heterocycles. The fourth-order valence-corrected chi connectivity index (χ4v) is 1.48. The summed E-state index contributed by atoms with van der Waals surface area (Å²) in [5.41, 5.74) is 2.73. The standard InChI is InChI=1S/C16H27NO/c1-6-13(2)18-12-15-9-7-14(8-10-15)11-17-16(3,4)5/h7-10,13,17H,6,11-12H2,1-5H3. The monoisotopic (exact) mass is 249 g/mol. The summed E-state index contributed by atoms with van der Waals surface area (Å²) in [6, 6.07) is 8.66. The van der Waals surface area contributed by atoms with Gasteiger partial charge in [0, 0.05) is 12.1 Å². The summed E-state index contributed by atoms with van der Waals surface area (Å²) < 4.78 is 5.72. The Morgan fingerprint density at radius 3 is 2.17 bits per heavy atom. The van der Waals surface area contributed by atoms with E-state index in [9.17, 15) is 0 Å². The number of hydrogen-bond donors (Lipinski definition) is 1. The van der Waals surface area contributed by atoms with Gasteiger partial charge in [0.25, 0.3) is 0 Å². The van der Waals surface area contributed by atoms with Gasteiger partial charge in [-0.2, -0.15) is 0 Å². The lowest BCUT2D eigenvalue weighted by Crippen LogP contribution is -2.35. The maximum Gasteiger partial charge on any atom is 0.0720 e. The van der Waals surface area contributed by atoms with Crippen LogP contribution in [-0.4, -0.2) is 11.6 Å². The Kier molecular flexibility index (Phi) is 5.83. The Labute approximate surface area is 112 Å². The SMILES string of the molecule is CCC(C)OCc1ccc(CNC(C)(C)C)cc1. The molecule has 1 unspecified atom stereocenters.